The van der Waals surface area contributed by atoms with E-state index in [1.165, 1.54) is 4.90 Å². The quantitative estimate of drug-likeness (QED) is 0.832. The zero-order valence-corrected chi connectivity index (χ0v) is 14.2. The molecule has 24 heavy (non-hydrogen) atoms. The summed E-state index contributed by atoms with van der Waals surface area (Å²) in [5.41, 5.74) is 0.834. The lowest BCUT2D eigenvalue weighted by Crippen LogP contribution is -2.37. The van der Waals surface area contributed by atoms with E-state index in [2.05, 4.69) is 5.16 Å². The molecular formula is C16H18N2O5S. The smallest absolute Gasteiger partial charge is 0.276 e. The van der Waals surface area contributed by atoms with E-state index in [-0.39, 0.29) is 29.1 Å². The number of sulfone groups is 1. The molecule has 1 unspecified atom stereocenters. The molecule has 0 radical (unpaired) electrons. The number of aromatic nitrogens is 1. The lowest BCUT2D eigenvalue weighted by Gasteiger charge is -2.21. The van der Waals surface area contributed by atoms with Crippen LogP contribution in [0, 0.1) is 0 Å². The highest BCUT2D eigenvalue weighted by Gasteiger charge is 2.34. The van der Waals surface area contributed by atoms with Crippen molar-refractivity contribution < 1.29 is 22.5 Å². The molecule has 0 bridgehead atoms. The number of carbonyl (C=O) groups excluding carboxylic acids is 1. The summed E-state index contributed by atoms with van der Waals surface area (Å²) in [6.07, 6.45) is 0.446. The Balaban J connectivity index is 1.81. The van der Waals surface area contributed by atoms with Crippen molar-refractivity contribution in [1.82, 2.24) is 10.1 Å². The Labute approximate surface area is 140 Å². The minimum Gasteiger partial charge on any atom is -0.496 e. The molecule has 1 amide bonds. The van der Waals surface area contributed by atoms with Gasteiger partial charge in [0.05, 0.1) is 24.2 Å². The summed E-state index contributed by atoms with van der Waals surface area (Å²) in [5.74, 6) is 0.778. The van der Waals surface area contributed by atoms with Crippen LogP contribution in [0.4, 0.5) is 0 Å². The Morgan fingerprint density at radius 3 is 2.79 bits per heavy atom. The van der Waals surface area contributed by atoms with Gasteiger partial charge in [-0.15, -0.1) is 0 Å². The van der Waals surface area contributed by atoms with E-state index < -0.39 is 9.84 Å². The van der Waals surface area contributed by atoms with Crippen molar-refractivity contribution in [2.24, 2.45) is 0 Å². The average Bonchev–Trinajstić information content (AvgIpc) is 3.20. The number of rotatable bonds is 4. The Morgan fingerprint density at radius 2 is 2.12 bits per heavy atom. The molecule has 1 aliphatic rings. The van der Waals surface area contributed by atoms with Gasteiger partial charge in [0.25, 0.3) is 5.91 Å². The molecule has 0 spiro atoms. The summed E-state index contributed by atoms with van der Waals surface area (Å²) in [7, 11) is 0.0825. The number of methoxy groups -OCH3 is 1. The van der Waals surface area contributed by atoms with Crippen molar-refractivity contribution in [2.75, 3.05) is 25.7 Å². The molecule has 1 saturated heterocycles. The molecule has 2 aromatic rings. The van der Waals surface area contributed by atoms with Crippen molar-refractivity contribution >= 4 is 15.7 Å². The second-order valence-electron chi connectivity index (χ2n) is 5.75. The molecule has 1 aromatic carbocycles. The van der Waals surface area contributed by atoms with Gasteiger partial charge in [-0.25, -0.2) is 8.42 Å². The molecule has 0 N–H and O–H groups in total. The third-order valence-electron chi connectivity index (χ3n) is 4.18. The number of carbonyl (C=O) groups is 1. The minimum atomic E-state index is -3.06. The van der Waals surface area contributed by atoms with Crippen LogP contribution in [-0.2, 0) is 9.84 Å². The fourth-order valence-electron chi connectivity index (χ4n) is 2.78. The number of hydrogen-bond donors (Lipinski definition) is 0. The molecule has 1 fully saturated rings. The highest BCUT2D eigenvalue weighted by molar-refractivity contribution is 7.91. The van der Waals surface area contributed by atoms with Crippen molar-refractivity contribution in [3.8, 4) is 17.1 Å². The van der Waals surface area contributed by atoms with Gasteiger partial charge >= 0.3 is 0 Å². The van der Waals surface area contributed by atoms with Crippen LogP contribution in [-0.4, -0.2) is 56.1 Å². The fraction of sp³-hybridized carbons (Fsp3) is 0.375. The van der Waals surface area contributed by atoms with Crippen LogP contribution < -0.4 is 4.74 Å². The van der Waals surface area contributed by atoms with Crippen molar-refractivity contribution in [3.05, 3.63) is 36.0 Å². The van der Waals surface area contributed by atoms with Gasteiger partial charge in [-0.3, -0.25) is 4.79 Å². The summed E-state index contributed by atoms with van der Waals surface area (Å²) >= 11 is 0. The number of ether oxygens (including phenoxy) is 1. The summed E-state index contributed by atoms with van der Waals surface area (Å²) < 4.78 is 33.7. The topological polar surface area (TPSA) is 89.7 Å². The van der Waals surface area contributed by atoms with Gasteiger partial charge in [0.1, 0.15) is 5.75 Å². The lowest BCUT2D eigenvalue weighted by molar-refractivity contribution is 0.0737. The molecule has 1 atom stereocenters. The number of hydrogen-bond acceptors (Lipinski definition) is 6. The first kappa shape index (κ1) is 16.5. The minimum absolute atomic E-state index is 0.00748. The van der Waals surface area contributed by atoms with E-state index >= 15 is 0 Å². The van der Waals surface area contributed by atoms with Gasteiger partial charge in [-0.05, 0) is 18.6 Å². The van der Waals surface area contributed by atoms with E-state index in [0.717, 1.165) is 0 Å². The summed E-state index contributed by atoms with van der Waals surface area (Å²) in [5, 5.41) is 3.83. The number of amides is 1. The molecule has 1 aromatic heterocycles. The van der Waals surface area contributed by atoms with Crippen LogP contribution >= 0.6 is 0 Å². The first-order valence-corrected chi connectivity index (χ1v) is 9.31. The maximum atomic E-state index is 12.5. The molecule has 0 saturated carbocycles. The van der Waals surface area contributed by atoms with Gasteiger partial charge < -0.3 is 14.2 Å². The van der Waals surface area contributed by atoms with E-state index in [9.17, 15) is 13.2 Å². The van der Waals surface area contributed by atoms with Crippen molar-refractivity contribution in [1.29, 1.82) is 0 Å². The first-order chi connectivity index (χ1) is 11.4. The standard InChI is InChI=1S/C16H18N2O5S/c1-18(11-7-8-24(20,21)10-11)16(19)13-9-15(23-17-13)12-5-3-4-6-14(12)22-2/h3-6,9,11H,7-8,10H2,1-2H3. The first-order valence-electron chi connectivity index (χ1n) is 7.49. The molecule has 2 heterocycles. The SMILES string of the molecule is COc1ccccc1-c1cc(C(=O)N(C)C2CCS(=O)(=O)C2)no1. The third kappa shape index (κ3) is 3.14. The monoisotopic (exact) mass is 350 g/mol. The van der Waals surface area contributed by atoms with Crippen LogP contribution in [0.25, 0.3) is 11.3 Å². The third-order valence-corrected chi connectivity index (χ3v) is 5.93. The maximum absolute atomic E-state index is 12.5. The van der Waals surface area contributed by atoms with E-state index in [1.54, 1.807) is 32.4 Å². The van der Waals surface area contributed by atoms with Crippen LogP contribution in [0.5, 0.6) is 5.75 Å². The summed E-state index contributed by atoms with van der Waals surface area (Å²) in [6.45, 7) is 0. The van der Waals surface area contributed by atoms with E-state index in [4.69, 9.17) is 9.26 Å². The van der Waals surface area contributed by atoms with E-state index in [0.29, 0.717) is 23.5 Å². The predicted octanol–water partition coefficient (Wildman–Crippen LogP) is 1.61. The maximum Gasteiger partial charge on any atom is 0.276 e. The van der Waals surface area contributed by atoms with Gasteiger partial charge in [0, 0.05) is 19.2 Å². The average molecular weight is 350 g/mol. The van der Waals surface area contributed by atoms with Gasteiger partial charge in [0.15, 0.2) is 21.3 Å². The zero-order chi connectivity index (χ0) is 17.3. The predicted molar refractivity (Wildman–Crippen MR) is 87.6 cm³/mol. The van der Waals surface area contributed by atoms with Crippen LogP contribution in [0.2, 0.25) is 0 Å². The van der Waals surface area contributed by atoms with Crippen LogP contribution in [0.1, 0.15) is 16.9 Å². The van der Waals surface area contributed by atoms with Crippen molar-refractivity contribution in [2.45, 2.75) is 12.5 Å². The van der Waals surface area contributed by atoms with Crippen LogP contribution in [0.3, 0.4) is 0 Å². The second kappa shape index (κ2) is 6.27. The summed E-state index contributed by atoms with van der Waals surface area (Å²) in [6, 6.07) is 8.47. The molecule has 1 aliphatic heterocycles. The van der Waals surface area contributed by atoms with Crippen LogP contribution in [0.15, 0.2) is 34.9 Å². The number of benzene rings is 1. The Hall–Kier alpha value is -2.35. The summed E-state index contributed by atoms with van der Waals surface area (Å²) in [4.78, 5) is 13.9. The highest BCUT2D eigenvalue weighted by atomic mass is 32.2. The molecule has 8 heteroatoms. The fourth-order valence-corrected chi connectivity index (χ4v) is 4.55. The normalized spacial score (nSPS) is 19.2. The molecule has 0 aliphatic carbocycles. The van der Waals surface area contributed by atoms with E-state index in [1.807, 2.05) is 12.1 Å². The Kier molecular flexibility index (Phi) is 4.31. The Bertz CT molecular complexity index is 859. The molecule has 128 valence electrons. The van der Waals surface area contributed by atoms with Crippen molar-refractivity contribution in [3.63, 3.8) is 0 Å². The lowest BCUT2D eigenvalue weighted by atomic mass is 10.1. The van der Waals surface area contributed by atoms with Gasteiger partial charge in [-0.1, -0.05) is 17.3 Å². The zero-order valence-electron chi connectivity index (χ0n) is 13.4. The second-order valence-corrected chi connectivity index (χ2v) is 7.98. The molecule has 3 rings (SSSR count). The van der Waals surface area contributed by atoms with Gasteiger partial charge in [-0.2, -0.15) is 0 Å². The molecular weight excluding hydrogens is 332 g/mol. The Morgan fingerprint density at radius 1 is 1.38 bits per heavy atom. The largest absolute Gasteiger partial charge is 0.496 e. The van der Waals surface area contributed by atoms with Gasteiger partial charge in [0.2, 0.25) is 0 Å². The molecule has 7 nitrogen and oxygen atoms in total. The highest BCUT2D eigenvalue weighted by Crippen LogP contribution is 2.30. The number of nitrogens with zero attached hydrogens (tertiary/aromatic N) is 2. The number of para-hydroxylation sites is 1.